The molecule has 0 atom stereocenters. The maximum atomic E-state index is 5.21. The van der Waals surface area contributed by atoms with Crippen molar-refractivity contribution in [2.75, 3.05) is 0 Å². The zero-order valence-electron chi connectivity index (χ0n) is 30.9. The first kappa shape index (κ1) is 33.1. The van der Waals surface area contributed by atoms with Crippen molar-refractivity contribution in [2.24, 2.45) is 0 Å². The van der Waals surface area contributed by atoms with Gasteiger partial charge in [0.2, 0.25) is 0 Å². The van der Waals surface area contributed by atoms with Gasteiger partial charge < -0.3 is 0 Å². The maximum absolute atomic E-state index is 5.21. The Morgan fingerprint density at radius 3 is 1.12 bits per heavy atom. The number of aromatic nitrogens is 7. The molecule has 3 aromatic heterocycles. The van der Waals surface area contributed by atoms with Gasteiger partial charge in [-0.2, -0.15) is 0 Å². The Labute approximate surface area is 324 Å². The minimum Gasteiger partial charge on any atom is -0.292 e. The highest BCUT2D eigenvalue weighted by atomic mass is 15.1. The lowest BCUT2D eigenvalue weighted by molar-refractivity contribution is 1.05. The van der Waals surface area contributed by atoms with Crippen LogP contribution >= 0.6 is 0 Å². The van der Waals surface area contributed by atoms with Crippen LogP contribution in [0.25, 0.3) is 90.4 Å². The van der Waals surface area contributed by atoms with E-state index in [4.69, 9.17) is 24.9 Å². The van der Waals surface area contributed by atoms with Crippen molar-refractivity contribution in [2.45, 2.75) is 13.8 Å². The number of rotatable bonds is 7. The van der Waals surface area contributed by atoms with Crippen molar-refractivity contribution in [3.05, 3.63) is 187 Å². The Morgan fingerprint density at radius 2 is 0.696 bits per heavy atom. The Kier molecular flexibility index (Phi) is 8.11. The van der Waals surface area contributed by atoms with Crippen LogP contribution in [-0.4, -0.2) is 34.1 Å². The van der Waals surface area contributed by atoms with Gasteiger partial charge in [0, 0.05) is 27.8 Å². The molecule has 0 aliphatic carbocycles. The molecule has 0 aliphatic heterocycles. The van der Waals surface area contributed by atoms with E-state index >= 15 is 0 Å². The van der Waals surface area contributed by atoms with E-state index in [2.05, 4.69) is 175 Å². The second-order valence-electron chi connectivity index (χ2n) is 14.0. The molecule has 0 saturated heterocycles. The van der Waals surface area contributed by atoms with Gasteiger partial charge in [-0.05, 0) is 56.3 Å². The van der Waals surface area contributed by atoms with Crippen LogP contribution in [-0.2, 0) is 0 Å². The van der Waals surface area contributed by atoms with E-state index in [9.17, 15) is 0 Å². The van der Waals surface area contributed by atoms with Crippen LogP contribution in [0.1, 0.15) is 11.1 Å². The largest absolute Gasteiger partial charge is 0.292 e. The molecular formula is C49H35N7. The molecule has 7 heteroatoms. The fourth-order valence-corrected chi connectivity index (χ4v) is 7.29. The molecule has 10 aromatic rings. The number of hydrogen-bond acceptors (Lipinski definition) is 5. The monoisotopic (exact) mass is 721 g/mol. The highest BCUT2D eigenvalue weighted by Crippen LogP contribution is 2.36. The molecule has 0 N–H and O–H groups in total. The fourth-order valence-electron chi connectivity index (χ4n) is 7.29. The van der Waals surface area contributed by atoms with Crippen LogP contribution in [0, 0.1) is 13.8 Å². The molecule has 3 heterocycles. The zero-order valence-corrected chi connectivity index (χ0v) is 30.9. The predicted octanol–water partition coefficient (Wildman–Crippen LogP) is 11.5. The van der Waals surface area contributed by atoms with Gasteiger partial charge in [0.25, 0.3) is 0 Å². The summed E-state index contributed by atoms with van der Waals surface area (Å²) < 4.78 is 4.48. The van der Waals surface area contributed by atoms with E-state index in [0.717, 1.165) is 72.9 Å². The fraction of sp³-hybridized carbons (Fsp3) is 0.0408. The van der Waals surface area contributed by atoms with Gasteiger partial charge >= 0.3 is 0 Å². The van der Waals surface area contributed by atoms with Gasteiger partial charge in [-0.3, -0.25) is 9.13 Å². The average molecular weight is 722 g/mol. The van der Waals surface area contributed by atoms with E-state index in [1.165, 1.54) is 11.1 Å². The molecule has 7 aromatic carbocycles. The number of imidazole rings is 2. The van der Waals surface area contributed by atoms with E-state index in [1.54, 1.807) is 0 Å². The third-order valence-electron chi connectivity index (χ3n) is 10.1. The van der Waals surface area contributed by atoms with Crippen LogP contribution in [0.4, 0.5) is 0 Å². The Hall–Kier alpha value is -7.51. The summed E-state index contributed by atoms with van der Waals surface area (Å²) in [5.74, 6) is 3.45. The molecule has 0 aliphatic rings. The molecule has 0 saturated carbocycles. The lowest BCUT2D eigenvalue weighted by Gasteiger charge is -2.17. The van der Waals surface area contributed by atoms with Gasteiger partial charge in [0.05, 0.1) is 33.4 Å². The third-order valence-corrected chi connectivity index (χ3v) is 10.1. The van der Waals surface area contributed by atoms with Gasteiger partial charge in [0.15, 0.2) is 17.5 Å². The van der Waals surface area contributed by atoms with E-state index in [1.807, 2.05) is 24.3 Å². The summed E-state index contributed by atoms with van der Waals surface area (Å²) in [6, 6.07) is 60.4. The van der Waals surface area contributed by atoms with Crippen LogP contribution in [0.5, 0.6) is 0 Å². The topological polar surface area (TPSA) is 74.3 Å². The normalized spacial score (nSPS) is 11.4. The van der Waals surface area contributed by atoms with Crippen molar-refractivity contribution in [3.8, 4) is 68.3 Å². The summed E-state index contributed by atoms with van der Waals surface area (Å²) in [6.45, 7) is 4.17. The highest BCUT2D eigenvalue weighted by Gasteiger charge is 2.21. The van der Waals surface area contributed by atoms with Crippen LogP contribution in [0.2, 0.25) is 0 Å². The highest BCUT2D eigenvalue weighted by molar-refractivity contribution is 5.86. The number of nitrogens with zero attached hydrogens (tertiary/aromatic N) is 7. The van der Waals surface area contributed by atoms with Crippen molar-refractivity contribution >= 4 is 22.1 Å². The second-order valence-corrected chi connectivity index (χ2v) is 14.0. The van der Waals surface area contributed by atoms with E-state index in [0.29, 0.717) is 17.5 Å². The van der Waals surface area contributed by atoms with Crippen LogP contribution < -0.4 is 0 Å². The molecule has 0 bridgehead atoms. The first-order valence-corrected chi connectivity index (χ1v) is 18.7. The lowest BCUT2D eigenvalue weighted by atomic mass is 10.1. The van der Waals surface area contributed by atoms with Crippen molar-refractivity contribution in [1.29, 1.82) is 0 Å². The minimum atomic E-state index is 0.561. The predicted molar refractivity (Wildman–Crippen MR) is 226 cm³/mol. The van der Waals surface area contributed by atoms with Crippen LogP contribution in [0.15, 0.2) is 176 Å². The Morgan fingerprint density at radius 1 is 0.321 bits per heavy atom. The maximum Gasteiger partial charge on any atom is 0.164 e. The first-order valence-electron chi connectivity index (χ1n) is 18.7. The summed E-state index contributed by atoms with van der Waals surface area (Å²) in [7, 11) is 0. The molecular weight excluding hydrogens is 687 g/mol. The van der Waals surface area contributed by atoms with Gasteiger partial charge in [-0.25, -0.2) is 24.9 Å². The Bertz CT molecular complexity index is 2820. The summed E-state index contributed by atoms with van der Waals surface area (Å²) in [4.78, 5) is 25.8. The SMILES string of the molecule is Cc1ccc(-c2nc(-c3ccc(C)cc3)nc(-c3cc(-n4c(-c5ccccc5)nc5ccccc54)cc(-n4c(-c5ccccc5)nc5ccccc54)c3)n2)cc1. The average Bonchev–Trinajstić information content (AvgIpc) is 3.84. The van der Waals surface area contributed by atoms with Gasteiger partial charge in [-0.1, -0.05) is 145 Å². The number of para-hydroxylation sites is 4. The molecule has 56 heavy (non-hydrogen) atoms. The third kappa shape index (κ3) is 6.01. The standard InChI is InChI=1S/C49H35N7/c1-32-21-25-34(26-22-32)45-52-46(35-27-23-33(2)24-28-35)54-47(53-45)38-29-39(55-43-19-11-9-17-41(43)50-48(55)36-13-5-3-6-14-36)31-40(30-38)56-44-20-12-10-18-42(44)51-49(56)37-15-7-4-8-16-37/h3-31H,1-2H3. The zero-order chi connectivity index (χ0) is 37.6. The van der Waals surface area contributed by atoms with Gasteiger partial charge in [-0.15, -0.1) is 0 Å². The molecule has 7 nitrogen and oxygen atoms in total. The molecule has 0 spiro atoms. The van der Waals surface area contributed by atoms with Crippen LogP contribution in [0.3, 0.4) is 0 Å². The van der Waals surface area contributed by atoms with Crippen molar-refractivity contribution in [1.82, 2.24) is 34.1 Å². The minimum absolute atomic E-state index is 0.561. The number of benzene rings is 7. The molecule has 266 valence electrons. The van der Waals surface area contributed by atoms with Crippen molar-refractivity contribution in [3.63, 3.8) is 0 Å². The molecule has 0 fully saturated rings. The summed E-state index contributed by atoms with van der Waals surface area (Å²) >= 11 is 0. The van der Waals surface area contributed by atoms with Gasteiger partial charge in [0.1, 0.15) is 11.6 Å². The quantitative estimate of drug-likeness (QED) is 0.164. The van der Waals surface area contributed by atoms with E-state index < -0.39 is 0 Å². The lowest BCUT2D eigenvalue weighted by Crippen LogP contribution is -2.05. The molecule has 0 unspecified atom stereocenters. The molecule has 10 rings (SSSR count). The summed E-state index contributed by atoms with van der Waals surface area (Å²) in [5.41, 5.74) is 12.6. The second kappa shape index (κ2) is 13.7. The first-order chi connectivity index (χ1) is 27.6. The van der Waals surface area contributed by atoms with Crippen molar-refractivity contribution < 1.29 is 0 Å². The molecule has 0 radical (unpaired) electrons. The summed E-state index contributed by atoms with van der Waals surface area (Å²) in [6.07, 6.45) is 0. The van der Waals surface area contributed by atoms with E-state index in [-0.39, 0.29) is 0 Å². The number of hydrogen-bond donors (Lipinski definition) is 0. The number of aryl methyl sites for hydroxylation is 2. The summed E-state index contributed by atoms with van der Waals surface area (Å²) in [5, 5.41) is 0. The molecule has 0 amide bonds. The smallest absolute Gasteiger partial charge is 0.164 e. The Balaban J connectivity index is 1.29. The number of fused-ring (bicyclic) bond motifs is 2.